The van der Waals surface area contributed by atoms with Gasteiger partial charge in [-0.15, -0.1) is 0 Å². The fourth-order valence-electron chi connectivity index (χ4n) is 0.469. The summed E-state index contributed by atoms with van der Waals surface area (Å²) >= 11 is 0. The topological polar surface area (TPSA) is 84.2 Å². The molecule has 0 aromatic rings. The second-order valence-electron chi connectivity index (χ2n) is 2.20. The zero-order valence-corrected chi connectivity index (χ0v) is 6.61. The highest BCUT2D eigenvalue weighted by atomic mass is 19.4. The largest absolute Gasteiger partial charge is 0.471 e. The van der Waals surface area contributed by atoms with Crippen molar-refractivity contribution in [2.75, 3.05) is 0 Å². The van der Waals surface area contributed by atoms with Crippen molar-refractivity contribution in [2.45, 2.75) is 19.1 Å². The zero-order chi connectivity index (χ0) is 10.6. The van der Waals surface area contributed by atoms with E-state index in [4.69, 9.17) is 0 Å². The Hall–Kier alpha value is -1.31. The van der Waals surface area contributed by atoms with E-state index >= 15 is 0 Å². The number of hydrogen-bond donors (Lipinski definition) is 3. The molecule has 0 aliphatic carbocycles. The van der Waals surface area contributed by atoms with Crippen LogP contribution in [0.5, 0.6) is 0 Å². The minimum Gasteiger partial charge on any atom is -0.337 e. The Bertz CT molecular complexity index is 216. The van der Waals surface area contributed by atoms with Crippen LogP contribution in [0.15, 0.2) is 0 Å². The van der Waals surface area contributed by atoms with Gasteiger partial charge < -0.3 is 5.32 Å². The summed E-state index contributed by atoms with van der Waals surface area (Å²) in [6.07, 6.45) is -5.00. The molecule has 0 rings (SSSR count). The minimum atomic E-state index is -5.00. The van der Waals surface area contributed by atoms with Crippen LogP contribution in [0.25, 0.3) is 0 Å². The molecule has 0 aromatic carbocycles. The summed E-state index contributed by atoms with van der Waals surface area (Å²) in [4.78, 5) is 20.8. The Labute approximate surface area is 71.4 Å². The summed E-state index contributed by atoms with van der Waals surface area (Å²) in [5.74, 6) is 1.54. The third-order valence-electron chi connectivity index (χ3n) is 1.14. The van der Waals surface area contributed by atoms with Gasteiger partial charge in [-0.25, -0.2) is 5.84 Å². The van der Waals surface area contributed by atoms with Crippen molar-refractivity contribution in [1.82, 2.24) is 10.7 Å². The third kappa shape index (κ3) is 3.74. The summed E-state index contributed by atoms with van der Waals surface area (Å²) in [7, 11) is 0. The predicted octanol–water partition coefficient (Wildman–Crippen LogP) is -0.957. The van der Waals surface area contributed by atoms with E-state index in [2.05, 4.69) is 5.84 Å². The number of carbonyl (C=O) groups is 2. The van der Waals surface area contributed by atoms with Crippen LogP contribution in [-0.4, -0.2) is 24.0 Å². The molecule has 0 bridgehead atoms. The number of amides is 2. The van der Waals surface area contributed by atoms with Gasteiger partial charge in [-0.05, 0) is 6.92 Å². The SMILES string of the molecule is CC(NC(=O)C(F)(F)F)C(=O)NN. The maximum absolute atomic E-state index is 11.6. The quantitative estimate of drug-likeness (QED) is 0.304. The van der Waals surface area contributed by atoms with Gasteiger partial charge in [0, 0.05) is 0 Å². The van der Waals surface area contributed by atoms with Crippen molar-refractivity contribution in [3.05, 3.63) is 0 Å². The van der Waals surface area contributed by atoms with Gasteiger partial charge in [-0.3, -0.25) is 15.0 Å². The number of hydrogen-bond acceptors (Lipinski definition) is 3. The number of hydrazine groups is 1. The first-order valence-corrected chi connectivity index (χ1v) is 3.17. The fourth-order valence-corrected chi connectivity index (χ4v) is 0.469. The first-order chi connectivity index (χ1) is 5.79. The van der Waals surface area contributed by atoms with E-state index in [0.717, 1.165) is 6.92 Å². The molecule has 0 aliphatic rings. The van der Waals surface area contributed by atoms with Crippen LogP contribution in [0, 0.1) is 0 Å². The normalized spacial score (nSPS) is 13.3. The highest BCUT2D eigenvalue weighted by Gasteiger charge is 2.39. The van der Waals surface area contributed by atoms with Crippen LogP contribution in [0.4, 0.5) is 13.2 Å². The van der Waals surface area contributed by atoms with E-state index in [1.165, 1.54) is 5.32 Å². The van der Waals surface area contributed by atoms with Crippen molar-refractivity contribution in [2.24, 2.45) is 5.84 Å². The fraction of sp³-hybridized carbons (Fsp3) is 0.600. The zero-order valence-electron chi connectivity index (χ0n) is 6.61. The molecule has 76 valence electrons. The molecule has 5 nitrogen and oxygen atoms in total. The Morgan fingerprint density at radius 3 is 2.15 bits per heavy atom. The lowest BCUT2D eigenvalue weighted by molar-refractivity contribution is -0.174. The number of nitrogens with one attached hydrogen (secondary N) is 2. The average molecular weight is 199 g/mol. The first-order valence-electron chi connectivity index (χ1n) is 3.17. The summed E-state index contributed by atoms with van der Waals surface area (Å²) in [6, 6.07) is -1.32. The van der Waals surface area contributed by atoms with E-state index in [1.807, 2.05) is 0 Å². The number of alkyl halides is 3. The number of nitrogens with two attached hydrogens (primary N) is 1. The van der Waals surface area contributed by atoms with Crippen LogP contribution in [0.2, 0.25) is 0 Å². The lowest BCUT2D eigenvalue weighted by atomic mass is 10.3. The van der Waals surface area contributed by atoms with Crippen molar-refractivity contribution in [3.8, 4) is 0 Å². The van der Waals surface area contributed by atoms with Crippen LogP contribution in [0.1, 0.15) is 6.92 Å². The van der Waals surface area contributed by atoms with E-state index in [1.54, 1.807) is 5.43 Å². The van der Waals surface area contributed by atoms with Crippen LogP contribution in [0.3, 0.4) is 0 Å². The summed E-state index contributed by atoms with van der Waals surface area (Å²) < 4.78 is 34.8. The van der Waals surface area contributed by atoms with E-state index in [-0.39, 0.29) is 0 Å². The van der Waals surface area contributed by atoms with Gasteiger partial charge >= 0.3 is 12.1 Å². The Morgan fingerprint density at radius 1 is 1.38 bits per heavy atom. The molecule has 2 amide bonds. The molecule has 0 aromatic heterocycles. The van der Waals surface area contributed by atoms with E-state index in [9.17, 15) is 22.8 Å². The summed E-state index contributed by atoms with van der Waals surface area (Å²) in [5, 5.41) is 1.41. The van der Waals surface area contributed by atoms with Crippen molar-refractivity contribution >= 4 is 11.8 Å². The molecule has 1 atom stereocenters. The Balaban J connectivity index is 4.15. The standard InChI is InChI=1S/C5H8F3N3O2/c1-2(3(12)11-9)10-4(13)5(6,7)8/h2H,9H2,1H3,(H,10,13)(H,11,12). The highest BCUT2D eigenvalue weighted by Crippen LogP contribution is 2.14. The molecule has 13 heavy (non-hydrogen) atoms. The maximum atomic E-state index is 11.6. The maximum Gasteiger partial charge on any atom is 0.471 e. The van der Waals surface area contributed by atoms with Gasteiger partial charge in [0.25, 0.3) is 5.91 Å². The monoisotopic (exact) mass is 199 g/mol. The predicted molar refractivity (Wildman–Crippen MR) is 36.0 cm³/mol. The molecule has 1 unspecified atom stereocenters. The van der Waals surface area contributed by atoms with E-state index in [0.29, 0.717) is 0 Å². The molecule has 0 aliphatic heterocycles. The van der Waals surface area contributed by atoms with Gasteiger partial charge in [-0.1, -0.05) is 0 Å². The van der Waals surface area contributed by atoms with Crippen molar-refractivity contribution in [1.29, 1.82) is 0 Å². The van der Waals surface area contributed by atoms with Gasteiger partial charge in [-0.2, -0.15) is 13.2 Å². The molecular formula is C5H8F3N3O2. The second-order valence-corrected chi connectivity index (χ2v) is 2.20. The van der Waals surface area contributed by atoms with Crippen molar-refractivity contribution in [3.63, 3.8) is 0 Å². The first kappa shape index (κ1) is 11.7. The highest BCUT2D eigenvalue weighted by molar-refractivity contribution is 5.89. The number of halogens is 3. The third-order valence-corrected chi connectivity index (χ3v) is 1.14. The van der Waals surface area contributed by atoms with Crippen LogP contribution in [-0.2, 0) is 9.59 Å². The molecule has 4 N–H and O–H groups in total. The summed E-state index contributed by atoms with van der Waals surface area (Å²) in [5.41, 5.74) is 1.60. The Kier molecular flexibility index (Phi) is 3.67. The van der Waals surface area contributed by atoms with Crippen LogP contribution < -0.4 is 16.6 Å². The lowest BCUT2D eigenvalue weighted by Gasteiger charge is -2.13. The molecule has 0 spiro atoms. The molecule has 0 radical (unpaired) electrons. The Morgan fingerprint density at radius 2 is 1.85 bits per heavy atom. The molecule has 0 saturated heterocycles. The number of rotatable bonds is 2. The van der Waals surface area contributed by atoms with Gasteiger partial charge in [0.05, 0.1) is 0 Å². The van der Waals surface area contributed by atoms with Gasteiger partial charge in [0.1, 0.15) is 6.04 Å². The lowest BCUT2D eigenvalue weighted by Crippen LogP contribution is -2.50. The van der Waals surface area contributed by atoms with E-state index < -0.39 is 24.0 Å². The average Bonchev–Trinajstić information content (AvgIpc) is 2.01. The van der Waals surface area contributed by atoms with Crippen LogP contribution >= 0.6 is 0 Å². The van der Waals surface area contributed by atoms with Gasteiger partial charge in [0.15, 0.2) is 0 Å². The molecule has 0 heterocycles. The minimum absolute atomic E-state index is 0.905. The smallest absolute Gasteiger partial charge is 0.337 e. The molecule has 0 fully saturated rings. The second kappa shape index (κ2) is 4.08. The number of carbonyl (C=O) groups excluding carboxylic acids is 2. The molecule has 0 saturated carbocycles. The molecule has 8 heteroatoms. The van der Waals surface area contributed by atoms with Gasteiger partial charge in [0.2, 0.25) is 0 Å². The van der Waals surface area contributed by atoms with Crippen molar-refractivity contribution < 1.29 is 22.8 Å². The molecular weight excluding hydrogens is 191 g/mol. The summed E-state index contributed by atoms with van der Waals surface area (Å²) in [6.45, 7) is 1.08.